The third kappa shape index (κ3) is 6.40. The minimum absolute atomic E-state index is 0.0394. The van der Waals surface area contributed by atoms with Crippen molar-refractivity contribution in [1.29, 1.82) is 0 Å². The molecule has 1 fully saturated rings. The molecule has 202 valence electrons. The molecule has 0 bridgehead atoms. The van der Waals surface area contributed by atoms with Crippen molar-refractivity contribution in [3.05, 3.63) is 73.8 Å². The molecular weight excluding hydrogens is 564 g/mol. The molecule has 3 N–H and O–H groups in total. The molecule has 0 radical (unpaired) electrons. The van der Waals surface area contributed by atoms with Gasteiger partial charge in [0.05, 0.1) is 20.6 Å². The molecule has 2 amide bonds. The number of alkyl halides is 3. The number of aromatic nitrogens is 1. The van der Waals surface area contributed by atoms with Crippen LogP contribution >= 0.6 is 34.5 Å². The SMILES string of the molecule is CN1CCC(c2nc(C(=O)NCc3ccccc3C(F)(F)F)c(NC(=O)c3cc(Cl)c(O)c(Cl)c3)s2)CC1. The minimum Gasteiger partial charge on any atom is -0.505 e. The summed E-state index contributed by atoms with van der Waals surface area (Å²) in [5.41, 5.74) is -1.01. The van der Waals surface area contributed by atoms with Crippen LogP contribution in [0.4, 0.5) is 18.2 Å². The normalized spacial score (nSPS) is 14.9. The number of benzene rings is 2. The molecule has 1 aromatic heterocycles. The van der Waals surface area contributed by atoms with Crippen LogP contribution in [-0.2, 0) is 12.7 Å². The van der Waals surface area contributed by atoms with Gasteiger partial charge in [-0.3, -0.25) is 9.59 Å². The lowest BCUT2D eigenvalue weighted by Gasteiger charge is -2.27. The quantitative estimate of drug-likeness (QED) is 0.321. The van der Waals surface area contributed by atoms with Gasteiger partial charge < -0.3 is 20.6 Å². The maximum absolute atomic E-state index is 13.4. The van der Waals surface area contributed by atoms with E-state index in [1.54, 1.807) is 0 Å². The largest absolute Gasteiger partial charge is 0.505 e. The summed E-state index contributed by atoms with van der Waals surface area (Å²) in [5, 5.41) is 15.5. The first-order valence-corrected chi connectivity index (χ1v) is 13.1. The number of amides is 2. The molecule has 0 atom stereocenters. The predicted octanol–water partition coefficient (Wildman–Crippen LogP) is 6.17. The first kappa shape index (κ1) is 28.2. The lowest BCUT2D eigenvalue weighted by molar-refractivity contribution is -0.138. The van der Waals surface area contributed by atoms with E-state index in [1.165, 1.54) is 30.3 Å². The molecule has 2 heterocycles. The van der Waals surface area contributed by atoms with Crippen LogP contribution < -0.4 is 10.6 Å². The first-order chi connectivity index (χ1) is 17.9. The number of phenolic OH excluding ortho intramolecular Hbond substituents is 1. The molecule has 0 saturated carbocycles. The number of rotatable bonds is 6. The number of piperidine rings is 1. The van der Waals surface area contributed by atoms with Gasteiger partial charge in [-0.25, -0.2) is 4.98 Å². The van der Waals surface area contributed by atoms with Crippen LogP contribution in [0.3, 0.4) is 0 Å². The Morgan fingerprint density at radius 3 is 2.39 bits per heavy atom. The summed E-state index contributed by atoms with van der Waals surface area (Å²) in [6.45, 7) is 1.30. The van der Waals surface area contributed by atoms with Gasteiger partial charge in [0.15, 0.2) is 11.4 Å². The average Bonchev–Trinajstić information content (AvgIpc) is 3.29. The van der Waals surface area contributed by atoms with Crippen molar-refractivity contribution in [2.45, 2.75) is 31.5 Å². The molecule has 0 spiro atoms. The zero-order chi connectivity index (χ0) is 27.6. The van der Waals surface area contributed by atoms with Gasteiger partial charge in [0, 0.05) is 18.0 Å². The summed E-state index contributed by atoms with van der Waals surface area (Å²) in [5.74, 6) is -1.68. The second-order valence-corrected chi connectivity index (χ2v) is 10.7. The van der Waals surface area contributed by atoms with Crippen LogP contribution in [-0.4, -0.2) is 46.9 Å². The van der Waals surface area contributed by atoms with Gasteiger partial charge in [0.1, 0.15) is 5.00 Å². The number of nitrogens with one attached hydrogen (secondary N) is 2. The smallest absolute Gasteiger partial charge is 0.416 e. The third-order valence-electron chi connectivity index (χ3n) is 6.19. The van der Waals surface area contributed by atoms with Crippen LogP contribution in [0.15, 0.2) is 36.4 Å². The number of carbonyl (C=O) groups is 2. The maximum atomic E-state index is 13.4. The number of halogens is 5. The summed E-state index contributed by atoms with van der Waals surface area (Å²) in [4.78, 5) is 32.8. The number of carbonyl (C=O) groups excluding carboxylic acids is 2. The number of hydrogen-bond acceptors (Lipinski definition) is 6. The topological polar surface area (TPSA) is 94.6 Å². The Kier molecular flexibility index (Phi) is 8.51. The van der Waals surface area contributed by atoms with Crippen LogP contribution in [0.1, 0.15) is 55.7 Å². The monoisotopic (exact) mass is 586 g/mol. The zero-order valence-corrected chi connectivity index (χ0v) is 22.4. The summed E-state index contributed by atoms with van der Waals surface area (Å²) in [6.07, 6.45) is -2.96. The fraction of sp³-hybridized carbons (Fsp3) is 0.320. The van der Waals surface area contributed by atoms with Crippen LogP contribution in [0.25, 0.3) is 0 Å². The van der Waals surface area contributed by atoms with Crippen molar-refractivity contribution in [2.24, 2.45) is 0 Å². The van der Waals surface area contributed by atoms with E-state index in [2.05, 4.69) is 20.5 Å². The Hall–Kier alpha value is -2.86. The molecule has 2 aromatic carbocycles. The van der Waals surface area contributed by atoms with Crippen molar-refractivity contribution >= 4 is 51.4 Å². The molecule has 38 heavy (non-hydrogen) atoms. The fourth-order valence-corrected chi connectivity index (χ4v) is 5.70. The van der Waals surface area contributed by atoms with Gasteiger partial charge in [-0.05, 0) is 56.7 Å². The molecule has 0 aliphatic carbocycles. The number of likely N-dealkylation sites (tertiary alicyclic amines) is 1. The molecular formula is C25H23Cl2F3N4O3S. The highest BCUT2D eigenvalue weighted by Gasteiger charge is 2.33. The molecule has 0 unspecified atom stereocenters. The Morgan fingerprint density at radius 2 is 1.76 bits per heavy atom. The molecule has 4 rings (SSSR count). The number of aromatic hydroxyl groups is 1. The third-order valence-corrected chi connectivity index (χ3v) is 7.90. The maximum Gasteiger partial charge on any atom is 0.416 e. The molecule has 1 saturated heterocycles. The summed E-state index contributed by atoms with van der Waals surface area (Å²) < 4.78 is 40.1. The lowest BCUT2D eigenvalue weighted by Crippen LogP contribution is -2.29. The molecule has 7 nitrogen and oxygen atoms in total. The minimum atomic E-state index is -4.57. The highest BCUT2D eigenvalue weighted by molar-refractivity contribution is 7.16. The van der Waals surface area contributed by atoms with Gasteiger partial charge in [-0.15, -0.1) is 11.3 Å². The Labute approximate surface area is 230 Å². The van der Waals surface area contributed by atoms with Gasteiger partial charge in [-0.2, -0.15) is 13.2 Å². The van der Waals surface area contributed by atoms with E-state index in [1.807, 2.05) is 7.05 Å². The van der Waals surface area contributed by atoms with Crippen molar-refractivity contribution in [3.63, 3.8) is 0 Å². The molecule has 13 heteroatoms. The Balaban J connectivity index is 1.60. The van der Waals surface area contributed by atoms with Gasteiger partial charge >= 0.3 is 6.18 Å². The summed E-state index contributed by atoms with van der Waals surface area (Å²) in [7, 11) is 2.01. The Morgan fingerprint density at radius 1 is 1.13 bits per heavy atom. The number of thiazole rings is 1. The van der Waals surface area contributed by atoms with Crippen molar-refractivity contribution in [3.8, 4) is 5.75 Å². The highest BCUT2D eigenvalue weighted by Crippen LogP contribution is 2.37. The fourth-order valence-electron chi connectivity index (χ4n) is 4.09. The van der Waals surface area contributed by atoms with E-state index in [0.717, 1.165) is 43.3 Å². The number of phenols is 1. The van der Waals surface area contributed by atoms with Gasteiger partial charge in [0.2, 0.25) is 0 Å². The van der Waals surface area contributed by atoms with E-state index in [9.17, 15) is 27.9 Å². The zero-order valence-electron chi connectivity index (χ0n) is 20.0. The Bertz CT molecular complexity index is 1330. The first-order valence-electron chi connectivity index (χ1n) is 11.6. The molecule has 1 aliphatic rings. The van der Waals surface area contributed by atoms with Crippen molar-refractivity contribution in [1.82, 2.24) is 15.2 Å². The molecule has 1 aliphatic heterocycles. The lowest BCUT2D eigenvalue weighted by atomic mass is 9.98. The summed E-state index contributed by atoms with van der Waals surface area (Å²) in [6, 6.07) is 7.42. The second kappa shape index (κ2) is 11.5. The molecule has 3 aromatic rings. The number of anilines is 1. The number of nitrogens with zero attached hydrogens (tertiary/aromatic N) is 2. The van der Waals surface area contributed by atoms with Gasteiger partial charge in [0.25, 0.3) is 11.8 Å². The average molecular weight is 587 g/mol. The van der Waals surface area contributed by atoms with E-state index in [4.69, 9.17) is 23.2 Å². The van der Waals surface area contributed by atoms with Crippen LogP contribution in [0.5, 0.6) is 5.75 Å². The van der Waals surface area contributed by atoms with E-state index < -0.39 is 23.6 Å². The highest BCUT2D eigenvalue weighted by atomic mass is 35.5. The van der Waals surface area contributed by atoms with Crippen LogP contribution in [0.2, 0.25) is 10.0 Å². The standard InChI is InChI=1S/C25H23Cl2F3N4O3S/c1-34-8-6-13(7-9-34)23-32-19(22(37)31-12-14-4-2-3-5-16(14)25(28,29)30)24(38-23)33-21(36)15-10-17(26)20(35)18(27)11-15/h2-5,10-11,13,35H,6-9,12H2,1H3,(H,31,37)(H,33,36). The predicted molar refractivity (Wildman–Crippen MR) is 140 cm³/mol. The second-order valence-electron chi connectivity index (χ2n) is 8.89. The number of hydrogen-bond donors (Lipinski definition) is 3. The van der Waals surface area contributed by atoms with Gasteiger partial charge in [-0.1, -0.05) is 41.4 Å². The van der Waals surface area contributed by atoms with Crippen LogP contribution in [0, 0.1) is 0 Å². The van der Waals surface area contributed by atoms with Crippen molar-refractivity contribution < 1.29 is 27.9 Å². The van der Waals surface area contributed by atoms with E-state index >= 15 is 0 Å². The summed E-state index contributed by atoms with van der Waals surface area (Å²) >= 11 is 13.0. The van der Waals surface area contributed by atoms with E-state index in [0.29, 0.717) is 5.01 Å². The van der Waals surface area contributed by atoms with Crippen molar-refractivity contribution in [2.75, 3.05) is 25.5 Å². The van der Waals surface area contributed by atoms with E-state index in [-0.39, 0.29) is 50.1 Å².